The van der Waals surface area contributed by atoms with Crippen LogP contribution in [0.2, 0.25) is 0 Å². The van der Waals surface area contributed by atoms with E-state index in [9.17, 15) is 4.79 Å². The highest BCUT2D eigenvalue weighted by Crippen LogP contribution is 2.20. The predicted molar refractivity (Wildman–Crippen MR) is 89.9 cm³/mol. The summed E-state index contributed by atoms with van der Waals surface area (Å²) < 4.78 is 0. The van der Waals surface area contributed by atoms with Crippen molar-refractivity contribution in [3.8, 4) is 0 Å². The predicted octanol–water partition coefficient (Wildman–Crippen LogP) is 3.49. The molecule has 1 aromatic heterocycles. The average Bonchev–Trinajstić information content (AvgIpc) is 2.56. The summed E-state index contributed by atoms with van der Waals surface area (Å²) in [6.07, 6.45) is 8.35. The molecule has 1 saturated carbocycles. The molecule has 22 heavy (non-hydrogen) atoms. The summed E-state index contributed by atoms with van der Waals surface area (Å²) in [6.45, 7) is 0.633. The largest absolute Gasteiger partial charge is 0.383 e. The van der Waals surface area contributed by atoms with Gasteiger partial charge in [-0.2, -0.15) is 0 Å². The van der Waals surface area contributed by atoms with Crippen molar-refractivity contribution in [3.63, 3.8) is 0 Å². The lowest BCUT2D eigenvalue weighted by molar-refractivity contribution is -0.121. The lowest BCUT2D eigenvalue weighted by Gasteiger charge is -2.22. The molecule has 0 saturated heterocycles. The number of anilines is 1. The first-order chi connectivity index (χ1) is 10.8. The molecule has 1 aromatic carbocycles. The number of amides is 1. The number of hydrogen-bond acceptors (Lipinski definition) is 3. The second-order valence-corrected chi connectivity index (χ2v) is 5.96. The number of nitrogens with one attached hydrogen (secondary N) is 2. The van der Waals surface area contributed by atoms with Crippen molar-refractivity contribution in [2.75, 3.05) is 11.9 Å². The molecule has 0 atom stereocenters. The number of pyridine rings is 1. The zero-order chi connectivity index (χ0) is 15.2. The van der Waals surface area contributed by atoms with Crippen LogP contribution in [0.4, 0.5) is 5.69 Å². The Kier molecular flexibility index (Phi) is 4.88. The fraction of sp³-hybridized carbons (Fsp3) is 0.444. The smallest absolute Gasteiger partial charge is 0.221 e. The van der Waals surface area contributed by atoms with Gasteiger partial charge in [-0.15, -0.1) is 0 Å². The standard InChI is InChI=1S/C18H23N3O/c22-17(21-15-8-2-1-3-9-15)11-13-19-16-10-4-6-14-7-5-12-20-18(14)16/h4-7,10,12,15,19H,1-3,8-9,11,13H2,(H,21,22). The van der Waals surface area contributed by atoms with Crippen molar-refractivity contribution >= 4 is 22.5 Å². The molecule has 0 radical (unpaired) electrons. The summed E-state index contributed by atoms with van der Waals surface area (Å²) in [6, 6.07) is 10.4. The third-order valence-electron chi connectivity index (χ3n) is 4.27. The van der Waals surface area contributed by atoms with Gasteiger partial charge in [0, 0.05) is 30.6 Å². The van der Waals surface area contributed by atoms with Crippen molar-refractivity contribution in [1.82, 2.24) is 10.3 Å². The third kappa shape index (κ3) is 3.75. The normalized spacial score (nSPS) is 15.6. The van der Waals surface area contributed by atoms with Crippen LogP contribution in [-0.4, -0.2) is 23.5 Å². The number of fused-ring (bicyclic) bond motifs is 1. The van der Waals surface area contributed by atoms with Gasteiger partial charge in [0.05, 0.1) is 11.2 Å². The number of carbonyl (C=O) groups is 1. The Morgan fingerprint density at radius 1 is 1.14 bits per heavy atom. The lowest BCUT2D eigenvalue weighted by Crippen LogP contribution is -2.36. The third-order valence-corrected chi connectivity index (χ3v) is 4.27. The van der Waals surface area contributed by atoms with Crippen LogP contribution in [0.5, 0.6) is 0 Å². The minimum atomic E-state index is 0.146. The Labute approximate surface area is 131 Å². The highest BCUT2D eigenvalue weighted by Gasteiger charge is 2.15. The van der Waals surface area contributed by atoms with Crippen LogP contribution < -0.4 is 10.6 Å². The van der Waals surface area contributed by atoms with Crippen molar-refractivity contribution < 1.29 is 4.79 Å². The second kappa shape index (κ2) is 7.25. The van der Waals surface area contributed by atoms with Gasteiger partial charge in [-0.05, 0) is 25.0 Å². The van der Waals surface area contributed by atoms with E-state index in [2.05, 4.69) is 15.6 Å². The zero-order valence-corrected chi connectivity index (χ0v) is 12.8. The van der Waals surface area contributed by atoms with E-state index in [-0.39, 0.29) is 5.91 Å². The Morgan fingerprint density at radius 3 is 2.82 bits per heavy atom. The van der Waals surface area contributed by atoms with E-state index in [0.29, 0.717) is 19.0 Å². The Balaban J connectivity index is 1.50. The Bertz CT molecular complexity index is 630. The first-order valence-corrected chi connectivity index (χ1v) is 8.20. The molecule has 2 N–H and O–H groups in total. The molecule has 3 rings (SSSR count). The van der Waals surface area contributed by atoms with Gasteiger partial charge in [0.2, 0.25) is 5.91 Å². The Morgan fingerprint density at radius 2 is 1.95 bits per heavy atom. The molecule has 0 spiro atoms. The van der Waals surface area contributed by atoms with Crippen molar-refractivity contribution in [2.24, 2.45) is 0 Å². The summed E-state index contributed by atoms with van der Waals surface area (Å²) in [5.74, 6) is 0.146. The van der Waals surface area contributed by atoms with Crippen molar-refractivity contribution in [3.05, 3.63) is 36.5 Å². The SMILES string of the molecule is O=C(CCNc1cccc2cccnc12)NC1CCCCC1. The van der Waals surface area contributed by atoms with Crippen LogP contribution in [-0.2, 0) is 4.79 Å². The van der Waals surface area contributed by atoms with E-state index in [4.69, 9.17) is 0 Å². The molecule has 0 bridgehead atoms. The molecule has 0 aliphatic heterocycles. The van der Waals surface area contributed by atoms with E-state index >= 15 is 0 Å². The van der Waals surface area contributed by atoms with Crippen molar-refractivity contribution in [2.45, 2.75) is 44.6 Å². The molecule has 4 nitrogen and oxygen atoms in total. The maximum atomic E-state index is 12.0. The molecular weight excluding hydrogens is 274 g/mol. The number of nitrogens with zero attached hydrogens (tertiary/aromatic N) is 1. The summed E-state index contributed by atoms with van der Waals surface area (Å²) in [4.78, 5) is 16.4. The number of carbonyl (C=O) groups excluding carboxylic acids is 1. The molecule has 116 valence electrons. The van der Waals surface area contributed by atoms with Gasteiger partial charge in [-0.3, -0.25) is 9.78 Å². The van der Waals surface area contributed by atoms with E-state index in [1.807, 2.05) is 30.3 Å². The topological polar surface area (TPSA) is 54.0 Å². The summed E-state index contributed by atoms with van der Waals surface area (Å²) in [5, 5.41) is 7.59. The minimum Gasteiger partial charge on any atom is -0.383 e. The fourth-order valence-corrected chi connectivity index (χ4v) is 3.10. The molecule has 1 aliphatic carbocycles. The molecule has 1 amide bonds. The van der Waals surface area contributed by atoms with Gasteiger partial charge < -0.3 is 10.6 Å². The maximum Gasteiger partial charge on any atom is 0.221 e. The first kappa shape index (κ1) is 14.8. The van der Waals surface area contributed by atoms with E-state index in [1.54, 1.807) is 6.20 Å². The first-order valence-electron chi connectivity index (χ1n) is 8.20. The second-order valence-electron chi connectivity index (χ2n) is 5.96. The van der Waals surface area contributed by atoms with Crippen LogP contribution >= 0.6 is 0 Å². The van der Waals surface area contributed by atoms with Gasteiger partial charge >= 0.3 is 0 Å². The quantitative estimate of drug-likeness (QED) is 0.888. The minimum absolute atomic E-state index is 0.146. The van der Waals surface area contributed by atoms with E-state index in [0.717, 1.165) is 29.4 Å². The van der Waals surface area contributed by atoms with Crippen LogP contribution in [0.3, 0.4) is 0 Å². The van der Waals surface area contributed by atoms with Crippen LogP contribution in [0, 0.1) is 0 Å². The van der Waals surface area contributed by atoms with Gasteiger partial charge in [-0.1, -0.05) is 37.5 Å². The monoisotopic (exact) mass is 297 g/mol. The van der Waals surface area contributed by atoms with Gasteiger partial charge in [0.15, 0.2) is 0 Å². The van der Waals surface area contributed by atoms with Crippen LogP contribution in [0.25, 0.3) is 10.9 Å². The molecule has 1 heterocycles. The van der Waals surface area contributed by atoms with Crippen molar-refractivity contribution in [1.29, 1.82) is 0 Å². The molecular formula is C18H23N3O. The summed E-state index contributed by atoms with van der Waals surface area (Å²) in [5.41, 5.74) is 1.95. The zero-order valence-electron chi connectivity index (χ0n) is 12.8. The van der Waals surface area contributed by atoms with Crippen LogP contribution in [0.1, 0.15) is 38.5 Å². The highest BCUT2D eigenvalue weighted by molar-refractivity contribution is 5.90. The number of rotatable bonds is 5. The molecule has 0 unspecified atom stereocenters. The summed E-state index contributed by atoms with van der Waals surface area (Å²) in [7, 11) is 0. The molecule has 1 fully saturated rings. The number of aromatic nitrogens is 1. The number of para-hydroxylation sites is 1. The van der Waals surface area contributed by atoms with E-state index < -0.39 is 0 Å². The van der Waals surface area contributed by atoms with Gasteiger partial charge in [-0.25, -0.2) is 0 Å². The lowest BCUT2D eigenvalue weighted by atomic mass is 9.95. The summed E-state index contributed by atoms with van der Waals surface area (Å²) >= 11 is 0. The molecule has 1 aliphatic rings. The maximum absolute atomic E-state index is 12.0. The van der Waals surface area contributed by atoms with E-state index in [1.165, 1.54) is 19.3 Å². The Hall–Kier alpha value is -2.10. The molecule has 4 heteroatoms. The number of benzene rings is 1. The van der Waals surface area contributed by atoms with Gasteiger partial charge in [0.25, 0.3) is 0 Å². The van der Waals surface area contributed by atoms with Crippen LogP contribution in [0.15, 0.2) is 36.5 Å². The fourth-order valence-electron chi connectivity index (χ4n) is 3.10. The highest BCUT2D eigenvalue weighted by atomic mass is 16.1. The number of hydrogen-bond donors (Lipinski definition) is 2. The molecule has 2 aromatic rings. The average molecular weight is 297 g/mol. The van der Waals surface area contributed by atoms with Gasteiger partial charge in [0.1, 0.15) is 0 Å².